The first-order valence-corrected chi connectivity index (χ1v) is 12.1. The lowest BCUT2D eigenvalue weighted by molar-refractivity contribution is -0.140. The summed E-state index contributed by atoms with van der Waals surface area (Å²) in [5, 5.41) is 3.99. The highest BCUT2D eigenvalue weighted by Crippen LogP contribution is 2.33. The molecule has 1 unspecified atom stereocenters. The maximum Gasteiger partial charge on any atom is 0.242 e. The lowest BCUT2D eigenvalue weighted by atomic mass is 10.1. The van der Waals surface area contributed by atoms with E-state index < -0.39 is 6.04 Å². The van der Waals surface area contributed by atoms with E-state index >= 15 is 0 Å². The van der Waals surface area contributed by atoms with Crippen molar-refractivity contribution in [2.24, 2.45) is 0 Å². The van der Waals surface area contributed by atoms with Crippen LogP contribution in [0.4, 0.5) is 0 Å². The first-order valence-electron chi connectivity index (χ1n) is 11.3. The van der Waals surface area contributed by atoms with Gasteiger partial charge in [0.1, 0.15) is 6.04 Å². The number of rotatable bonds is 8. The summed E-state index contributed by atoms with van der Waals surface area (Å²) in [6.45, 7) is 2.26. The normalized spacial score (nSPS) is 16.0. The van der Waals surface area contributed by atoms with Crippen molar-refractivity contribution in [2.45, 2.75) is 64.1 Å². The third kappa shape index (κ3) is 5.92. The van der Waals surface area contributed by atoms with Crippen molar-refractivity contribution in [3.63, 3.8) is 0 Å². The zero-order chi connectivity index (χ0) is 23.4. The second kappa shape index (κ2) is 10.7. The molecule has 2 aliphatic rings. The Morgan fingerprint density at radius 2 is 1.76 bits per heavy atom. The van der Waals surface area contributed by atoms with E-state index in [2.05, 4.69) is 5.32 Å². The number of nitrogens with one attached hydrogen (secondary N) is 1. The van der Waals surface area contributed by atoms with Gasteiger partial charge in [-0.1, -0.05) is 48.2 Å². The molecule has 176 valence electrons. The molecule has 1 aliphatic carbocycles. The molecule has 0 bridgehead atoms. The monoisotopic (exact) mass is 490 g/mol. The average Bonchev–Trinajstić information content (AvgIpc) is 3.49. The minimum Gasteiger partial charge on any atom is -0.454 e. The summed E-state index contributed by atoms with van der Waals surface area (Å²) in [6.07, 6.45) is 5.03. The molecule has 0 aromatic heterocycles. The molecular weight excluding hydrogens is 463 g/mol. The molecule has 2 aromatic carbocycles. The molecule has 1 fully saturated rings. The zero-order valence-corrected chi connectivity index (χ0v) is 20.1. The Balaban J connectivity index is 1.46. The molecule has 0 spiro atoms. The maximum atomic E-state index is 13.3. The van der Waals surface area contributed by atoms with E-state index in [0.29, 0.717) is 28.0 Å². The van der Waals surface area contributed by atoms with Gasteiger partial charge in [0.05, 0.1) is 10.0 Å². The fraction of sp³-hybridized carbons (Fsp3) is 0.440. The summed E-state index contributed by atoms with van der Waals surface area (Å²) < 4.78 is 10.8. The van der Waals surface area contributed by atoms with E-state index in [0.717, 1.165) is 36.8 Å². The molecule has 2 amide bonds. The van der Waals surface area contributed by atoms with Gasteiger partial charge < -0.3 is 19.7 Å². The number of nitrogens with zero attached hydrogens (tertiary/aromatic N) is 1. The number of hydrogen-bond acceptors (Lipinski definition) is 4. The second-order valence-electron chi connectivity index (χ2n) is 8.62. The Hall–Kier alpha value is -2.44. The third-order valence-electron chi connectivity index (χ3n) is 6.27. The summed E-state index contributed by atoms with van der Waals surface area (Å²) in [6, 6.07) is 10.5. The molecule has 1 aliphatic heterocycles. The van der Waals surface area contributed by atoms with Crippen LogP contribution in [0.1, 0.15) is 50.2 Å². The number of amides is 2. The minimum atomic E-state index is -0.607. The van der Waals surface area contributed by atoms with Gasteiger partial charge in [-0.05, 0) is 61.6 Å². The lowest BCUT2D eigenvalue weighted by Gasteiger charge is -2.30. The van der Waals surface area contributed by atoms with Crippen molar-refractivity contribution in [1.82, 2.24) is 10.2 Å². The van der Waals surface area contributed by atoms with E-state index in [9.17, 15) is 9.59 Å². The number of halogens is 2. The molecule has 1 N–H and O–H groups in total. The van der Waals surface area contributed by atoms with Crippen LogP contribution in [0.25, 0.3) is 0 Å². The Morgan fingerprint density at radius 3 is 2.52 bits per heavy atom. The van der Waals surface area contributed by atoms with Gasteiger partial charge in [-0.2, -0.15) is 0 Å². The van der Waals surface area contributed by atoms with Crippen LogP contribution in [-0.2, 0) is 22.6 Å². The molecule has 2 aromatic rings. The summed E-state index contributed by atoms with van der Waals surface area (Å²) in [7, 11) is 0. The van der Waals surface area contributed by atoms with E-state index in [4.69, 9.17) is 32.7 Å². The number of carbonyl (C=O) groups excluding carboxylic acids is 2. The van der Waals surface area contributed by atoms with Crippen LogP contribution in [0.3, 0.4) is 0 Å². The highest BCUT2D eigenvalue weighted by Gasteiger charge is 2.28. The van der Waals surface area contributed by atoms with Crippen LogP contribution in [0, 0.1) is 0 Å². The average molecular weight is 491 g/mol. The molecule has 1 heterocycles. The van der Waals surface area contributed by atoms with Crippen molar-refractivity contribution in [2.75, 3.05) is 6.79 Å². The summed E-state index contributed by atoms with van der Waals surface area (Å²) in [5.74, 6) is 1.17. The predicted octanol–water partition coefficient (Wildman–Crippen LogP) is 5.13. The van der Waals surface area contributed by atoms with Crippen molar-refractivity contribution < 1.29 is 19.1 Å². The van der Waals surface area contributed by atoms with Crippen LogP contribution in [0.2, 0.25) is 10.0 Å². The Morgan fingerprint density at radius 1 is 1.03 bits per heavy atom. The molecular formula is C25H28Cl2N2O4. The fourth-order valence-electron chi connectivity index (χ4n) is 4.30. The number of fused-ring (bicyclic) bond motifs is 1. The zero-order valence-electron chi connectivity index (χ0n) is 18.6. The van der Waals surface area contributed by atoms with Gasteiger partial charge in [0.15, 0.2) is 11.5 Å². The largest absolute Gasteiger partial charge is 0.454 e. The molecule has 33 heavy (non-hydrogen) atoms. The minimum absolute atomic E-state index is 0.104. The molecule has 1 saturated carbocycles. The molecule has 1 atom stereocenters. The van der Waals surface area contributed by atoms with Crippen molar-refractivity contribution in [1.29, 1.82) is 0 Å². The Labute approximate surface area is 204 Å². The van der Waals surface area contributed by atoms with Gasteiger partial charge in [-0.25, -0.2) is 0 Å². The predicted molar refractivity (Wildman–Crippen MR) is 128 cm³/mol. The van der Waals surface area contributed by atoms with Crippen LogP contribution in [-0.4, -0.2) is 35.6 Å². The third-order valence-corrected chi connectivity index (χ3v) is 7.01. The highest BCUT2D eigenvalue weighted by atomic mass is 35.5. The van der Waals surface area contributed by atoms with Gasteiger partial charge in [-0.15, -0.1) is 0 Å². The number of hydrogen-bond donors (Lipinski definition) is 1. The summed E-state index contributed by atoms with van der Waals surface area (Å²) >= 11 is 12.2. The molecule has 6 nitrogen and oxygen atoms in total. The van der Waals surface area contributed by atoms with Crippen molar-refractivity contribution in [3.05, 3.63) is 57.6 Å². The van der Waals surface area contributed by atoms with Gasteiger partial charge in [0, 0.05) is 19.0 Å². The number of benzene rings is 2. The number of ether oxygens (including phenoxy) is 2. The maximum absolute atomic E-state index is 13.3. The van der Waals surface area contributed by atoms with Gasteiger partial charge in [0.25, 0.3) is 0 Å². The summed E-state index contributed by atoms with van der Waals surface area (Å²) in [5.41, 5.74) is 1.80. The van der Waals surface area contributed by atoms with E-state index in [1.807, 2.05) is 24.3 Å². The van der Waals surface area contributed by atoms with Gasteiger partial charge >= 0.3 is 0 Å². The van der Waals surface area contributed by atoms with Crippen LogP contribution in [0.15, 0.2) is 36.4 Å². The fourth-order valence-corrected chi connectivity index (χ4v) is 4.62. The first-order chi connectivity index (χ1) is 15.9. The van der Waals surface area contributed by atoms with Crippen molar-refractivity contribution >= 4 is 35.0 Å². The topological polar surface area (TPSA) is 67.9 Å². The number of carbonyl (C=O) groups is 2. The van der Waals surface area contributed by atoms with Crippen LogP contribution in [0.5, 0.6) is 11.5 Å². The smallest absolute Gasteiger partial charge is 0.242 e. The molecule has 0 radical (unpaired) electrons. The molecule has 8 heteroatoms. The Kier molecular flexibility index (Phi) is 7.66. The quantitative estimate of drug-likeness (QED) is 0.556. The van der Waals surface area contributed by atoms with Crippen LogP contribution >= 0.6 is 23.2 Å². The van der Waals surface area contributed by atoms with E-state index in [1.165, 1.54) is 0 Å². The van der Waals surface area contributed by atoms with E-state index in [-0.39, 0.29) is 37.6 Å². The number of aryl methyl sites for hydroxylation is 1. The van der Waals surface area contributed by atoms with Crippen LogP contribution < -0.4 is 14.8 Å². The molecule has 0 saturated heterocycles. The summed E-state index contributed by atoms with van der Waals surface area (Å²) in [4.78, 5) is 27.9. The highest BCUT2D eigenvalue weighted by molar-refractivity contribution is 6.42. The van der Waals surface area contributed by atoms with E-state index in [1.54, 1.807) is 24.0 Å². The Bertz CT molecular complexity index is 1020. The van der Waals surface area contributed by atoms with Crippen molar-refractivity contribution in [3.8, 4) is 11.5 Å². The first kappa shape index (κ1) is 23.7. The standard InChI is InChI=1S/C25H28Cl2N2O4/c1-16(25(31)28-19-4-2-3-5-19)29(14-18-6-9-20(26)21(27)12-18)24(30)11-8-17-7-10-22-23(13-17)33-15-32-22/h6-7,9-10,12-13,16,19H,2-5,8,11,14-15H2,1H3,(H,28,31). The SMILES string of the molecule is CC(C(=O)NC1CCCC1)N(Cc1ccc(Cl)c(Cl)c1)C(=O)CCc1ccc2c(c1)OCO2. The second-order valence-corrected chi connectivity index (χ2v) is 9.44. The lowest BCUT2D eigenvalue weighted by Crippen LogP contribution is -2.49. The van der Waals surface area contributed by atoms with Gasteiger partial charge in [0.2, 0.25) is 18.6 Å². The van der Waals surface area contributed by atoms with Gasteiger partial charge in [-0.3, -0.25) is 9.59 Å². The molecule has 4 rings (SSSR count).